The molecule has 0 aliphatic carbocycles. The van der Waals surface area contributed by atoms with E-state index >= 15 is 0 Å². The second-order valence-electron chi connectivity index (χ2n) is 3.64. The average Bonchev–Trinajstić information content (AvgIpc) is 2.46. The molecule has 0 amide bonds. The first-order valence-corrected chi connectivity index (χ1v) is 5.96. The molecule has 0 atom stereocenters. The molecule has 0 saturated carbocycles. The Bertz CT molecular complexity index is 344. The Morgan fingerprint density at radius 2 is 2.27 bits per heavy atom. The number of nitrogens with one attached hydrogen (secondary N) is 1. The molecule has 1 heterocycles. The molecule has 1 aromatic heterocycles. The lowest BCUT2D eigenvalue weighted by Gasteiger charge is -2.10. The molecule has 4 heteroatoms. The third-order valence-corrected chi connectivity index (χ3v) is 2.90. The highest BCUT2D eigenvalue weighted by Crippen LogP contribution is 2.28. The van der Waals surface area contributed by atoms with E-state index < -0.39 is 0 Å². The molecule has 0 unspecified atom stereocenters. The van der Waals surface area contributed by atoms with Crippen molar-refractivity contribution < 1.29 is 9.53 Å². The Kier molecular flexibility index (Phi) is 4.15. The van der Waals surface area contributed by atoms with E-state index in [0.717, 1.165) is 10.6 Å². The predicted molar refractivity (Wildman–Crippen MR) is 63.8 cm³/mol. The van der Waals surface area contributed by atoms with E-state index in [4.69, 9.17) is 4.74 Å². The van der Waals surface area contributed by atoms with Crippen molar-refractivity contribution in [1.82, 2.24) is 0 Å². The third kappa shape index (κ3) is 2.96. The number of esters is 1. The second-order valence-corrected chi connectivity index (χ2v) is 4.52. The molecular formula is C11H17NO2S. The minimum absolute atomic E-state index is 0.237. The van der Waals surface area contributed by atoms with Crippen LogP contribution in [0.2, 0.25) is 0 Å². The van der Waals surface area contributed by atoms with Gasteiger partial charge in [0.1, 0.15) is 5.00 Å². The number of aryl methyl sites for hydroxylation is 1. The number of rotatable bonds is 4. The van der Waals surface area contributed by atoms with Crippen molar-refractivity contribution in [1.29, 1.82) is 0 Å². The maximum atomic E-state index is 11.7. The standard InChI is InChI=1S/C11H17NO2S/c1-5-14-11(13)9-8(4)6-15-10(9)12-7(2)3/h6-7,12H,5H2,1-4H3. The van der Waals surface area contributed by atoms with Crippen LogP contribution in [0, 0.1) is 6.92 Å². The molecule has 0 saturated heterocycles. The lowest BCUT2D eigenvalue weighted by molar-refractivity contribution is 0.0527. The molecule has 1 N–H and O–H groups in total. The lowest BCUT2D eigenvalue weighted by Crippen LogP contribution is -2.13. The summed E-state index contributed by atoms with van der Waals surface area (Å²) in [6.45, 7) is 8.24. The van der Waals surface area contributed by atoms with E-state index in [2.05, 4.69) is 5.32 Å². The Balaban J connectivity index is 2.93. The van der Waals surface area contributed by atoms with Gasteiger partial charge in [0.25, 0.3) is 0 Å². The Morgan fingerprint density at radius 1 is 1.60 bits per heavy atom. The number of thiophene rings is 1. The van der Waals surface area contributed by atoms with Crippen LogP contribution in [0.3, 0.4) is 0 Å². The number of carbonyl (C=O) groups is 1. The molecular weight excluding hydrogens is 210 g/mol. The number of hydrogen-bond acceptors (Lipinski definition) is 4. The number of carbonyl (C=O) groups excluding carboxylic acids is 1. The second kappa shape index (κ2) is 5.16. The van der Waals surface area contributed by atoms with Crippen molar-refractivity contribution in [3.63, 3.8) is 0 Å². The first-order valence-electron chi connectivity index (χ1n) is 5.08. The van der Waals surface area contributed by atoms with E-state index in [9.17, 15) is 4.79 Å². The molecule has 0 aliphatic heterocycles. The summed E-state index contributed by atoms with van der Waals surface area (Å²) in [6.07, 6.45) is 0. The highest BCUT2D eigenvalue weighted by atomic mass is 32.1. The normalized spacial score (nSPS) is 10.5. The van der Waals surface area contributed by atoms with Gasteiger partial charge in [-0.05, 0) is 38.6 Å². The van der Waals surface area contributed by atoms with Gasteiger partial charge in [0.15, 0.2) is 0 Å². The molecule has 0 bridgehead atoms. The van der Waals surface area contributed by atoms with Gasteiger partial charge in [0.05, 0.1) is 12.2 Å². The van der Waals surface area contributed by atoms with Crippen molar-refractivity contribution in [3.05, 3.63) is 16.5 Å². The van der Waals surface area contributed by atoms with E-state index in [1.165, 1.54) is 0 Å². The van der Waals surface area contributed by atoms with Crippen molar-refractivity contribution in [2.45, 2.75) is 33.7 Å². The van der Waals surface area contributed by atoms with Crippen LogP contribution in [0.4, 0.5) is 5.00 Å². The summed E-state index contributed by atoms with van der Waals surface area (Å²) in [6, 6.07) is 0.316. The quantitative estimate of drug-likeness (QED) is 0.803. The molecule has 0 aromatic carbocycles. The fraction of sp³-hybridized carbons (Fsp3) is 0.545. The molecule has 15 heavy (non-hydrogen) atoms. The van der Waals surface area contributed by atoms with Crippen LogP contribution in [-0.4, -0.2) is 18.6 Å². The molecule has 3 nitrogen and oxygen atoms in total. The van der Waals surface area contributed by atoms with Gasteiger partial charge in [-0.1, -0.05) is 0 Å². The first kappa shape index (κ1) is 12.0. The van der Waals surface area contributed by atoms with Crippen molar-refractivity contribution in [2.24, 2.45) is 0 Å². The average molecular weight is 227 g/mol. The van der Waals surface area contributed by atoms with Gasteiger partial charge >= 0.3 is 5.97 Å². The minimum Gasteiger partial charge on any atom is -0.462 e. The molecule has 0 spiro atoms. The Labute approximate surface area is 94.5 Å². The topological polar surface area (TPSA) is 38.3 Å². The van der Waals surface area contributed by atoms with Gasteiger partial charge in [-0.2, -0.15) is 0 Å². The van der Waals surface area contributed by atoms with Crippen molar-refractivity contribution >= 4 is 22.3 Å². The zero-order valence-electron chi connectivity index (χ0n) is 9.59. The highest BCUT2D eigenvalue weighted by molar-refractivity contribution is 7.14. The maximum Gasteiger partial charge on any atom is 0.341 e. The van der Waals surface area contributed by atoms with Crippen LogP contribution in [-0.2, 0) is 4.74 Å². The lowest BCUT2D eigenvalue weighted by atomic mass is 10.2. The summed E-state index contributed by atoms with van der Waals surface area (Å²) in [5.41, 5.74) is 1.65. The first-order chi connectivity index (χ1) is 7.06. The molecule has 0 radical (unpaired) electrons. The van der Waals surface area contributed by atoms with Gasteiger partial charge in [-0.15, -0.1) is 11.3 Å². The minimum atomic E-state index is -0.237. The summed E-state index contributed by atoms with van der Waals surface area (Å²) >= 11 is 1.55. The monoisotopic (exact) mass is 227 g/mol. The molecule has 0 fully saturated rings. The molecule has 84 valence electrons. The van der Waals surface area contributed by atoms with Crippen molar-refractivity contribution in [3.8, 4) is 0 Å². The zero-order chi connectivity index (χ0) is 11.4. The Morgan fingerprint density at radius 3 is 2.80 bits per heavy atom. The van der Waals surface area contributed by atoms with Gasteiger partial charge in [0.2, 0.25) is 0 Å². The van der Waals surface area contributed by atoms with Crippen LogP contribution in [0.25, 0.3) is 0 Å². The van der Waals surface area contributed by atoms with Gasteiger partial charge in [-0.25, -0.2) is 4.79 Å². The number of hydrogen-bond donors (Lipinski definition) is 1. The number of anilines is 1. The van der Waals surface area contributed by atoms with Gasteiger partial charge < -0.3 is 10.1 Å². The fourth-order valence-electron chi connectivity index (χ4n) is 1.27. The smallest absolute Gasteiger partial charge is 0.341 e. The molecule has 0 aliphatic rings. The van der Waals surface area contributed by atoms with Crippen LogP contribution in [0.5, 0.6) is 0 Å². The van der Waals surface area contributed by atoms with Crippen molar-refractivity contribution in [2.75, 3.05) is 11.9 Å². The van der Waals surface area contributed by atoms with Crippen LogP contribution in [0.1, 0.15) is 36.7 Å². The summed E-state index contributed by atoms with van der Waals surface area (Å²) < 4.78 is 5.02. The summed E-state index contributed by atoms with van der Waals surface area (Å²) in [7, 11) is 0. The fourth-order valence-corrected chi connectivity index (χ4v) is 2.35. The molecule has 1 aromatic rings. The third-order valence-electron chi connectivity index (χ3n) is 1.87. The SMILES string of the molecule is CCOC(=O)c1c(C)csc1NC(C)C. The van der Waals surface area contributed by atoms with Crippen LogP contribution in [0.15, 0.2) is 5.38 Å². The van der Waals surface area contributed by atoms with Gasteiger partial charge in [0, 0.05) is 6.04 Å². The predicted octanol–water partition coefficient (Wildman–Crippen LogP) is 3.05. The zero-order valence-corrected chi connectivity index (χ0v) is 10.4. The van der Waals surface area contributed by atoms with E-state index in [0.29, 0.717) is 18.2 Å². The van der Waals surface area contributed by atoms with Crippen LogP contribution < -0.4 is 5.32 Å². The van der Waals surface area contributed by atoms with Crippen LogP contribution >= 0.6 is 11.3 Å². The largest absolute Gasteiger partial charge is 0.462 e. The Hall–Kier alpha value is -1.03. The summed E-state index contributed by atoms with van der Waals surface area (Å²) in [4.78, 5) is 11.7. The van der Waals surface area contributed by atoms with E-state index in [-0.39, 0.29) is 5.97 Å². The van der Waals surface area contributed by atoms with E-state index in [1.54, 1.807) is 11.3 Å². The van der Waals surface area contributed by atoms with Gasteiger partial charge in [-0.3, -0.25) is 0 Å². The summed E-state index contributed by atoms with van der Waals surface area (Å²) in [5, 5.41) is 6.12. The highest BCUT2D eigenvalue weighted by Gasteiger charge is 2.17. The summed E-state index contributed by atoms with van der Waals surface area (Å²) in [5.74, 6) is -0.237. The van der Waals surface area contributed by atoms with E-state index in [1.807, 2.05) is 33.1 Å². The molecule has 1 rings (SSSR count). The number of ether oxygens (including phenoxy) is 1. The maximum absolute atomic E-state index is 11.7.